The van der Waals surface area contributed by atoms with Crippen molar-refractivity contribution in [2.45, 2.75) is 83.4 Å². The summed E-state index contributed by atoms with van der Waals surface area (Å²) in [4.78, 5) is 36.2. The van der Waals surface area contributed by atoms with Crippen molar-refractivity contribution in [2.24, 2.45) is 0 Å². The monoisotopic (exact) mass is 596 g/mol. The van der Waals surface area contributed by atoms with Gasteiger partial charge in [0.15, 0.2) is 23.1 Å². The molecule has 3 atom stereocenters. The smallest absolute Gasteiger partial charge is 0.320 e. The highest BCUT2D eigenvalue weighted by atomic mass is 16.5. The minimum absolute atomic E-state index is 0.0804. The predicted molar refractivity (Wildman–Crippen MR) is 167 cm³/mol. The van der Waals surface area contributed by atoms with Crippen LogP contribution < -0.4 is 15.4 Å². The van der Waals surface area contributed by atoms with Crippen LogP contribution in [0.2, 0.25) is 0 Å². The number of anilines is 1. The van der Waals surface area contributed by atoms with E-state index in [0.717, 1.165) is 47.7 Å². The lowest BCUT2D eigenvalue weighted by Crippen LogP contribution is -2.37. The highest BCUT2D eigenvalue weighted by Crippen LogP contribution is 2.40. The second-order valence-corrected chi connectivity index (χ2v) is 13.1. The Hall–Kier alpha value is -4.38. The zero-order valence-corrected chi connectivity index (χ0v) is 26.2. The molecule has 4 heterocycles. The lowest BCUT2D eigenvalue weighted by atomic mass is 9.85. The third-order valence-corrected chi connectivity index (χ3v) is 8.93. The molecule has 0 spiro atoms. The fourth-order valence-corrected chi connectivity index (χ4v) is 6.24. The van der Waals surface area contributed by atoms with Crippen LogP contribution in [0.25, 0.3) is 5.65 Å². The van der Waals surface area contributed by atoms with E-state index >= 15 is 0 Å². The number of hydrogen-bond donors (Lipinski definition) is 2. The molecule has 3 aromatic heterocycles. The number of nitrogens with zero attached hydrogens (tertiary/aromatic N) is 6. The number of amides is 2. The first kappa shape index (κ1) is 29.7. The van der Waals surface area contributed by atoms with Crippen molar-refractivity contribution in [1.29, 1.82) is 0 Å². The van der Waals surface area contributed by atoms with Gasteiger partial charge in [-0.1, -0.05) is 45.0 Å². The molecule has 44 heavy (non-hydrogen) atoms. The highest BCUT2D eigenvalue weighted by Gasteiger charge is 2.40. The maximum atomic E-state index is 13.2. The van der Waals surface area contributed by atoms with Gasteiger partial charge in [-0.15, -0.1) is 10.2 Å². The van der Waals surface area contributed by atoms with Crippen LogP contribution in [-0.4, -0.2) is 54.9 Å². The number of likely N-dealkylation sites (tertiary alicyclic amines) is 1. The second-order valence-electron chi connectivity index (χ2n) is 13.1. The van der Waals surface area contributed by atoms with Gasteiger partial charge in [-0.2, -0.15) is 0 Å². The third-order valence-electron chi connectivity index (χ3n) is 8.93. The van der Waals surface area contributed by atoms with Crippen molar-refractivity contribution in [1.82, 2.24) is 34.8 Å². The molecule has 0 bridgehead atoms. The number of Topliss-reactive ketones (excluding diaryl/α,β-unsaturated/α-hetero) is 1. The molecule has 0 unspecified atom stereocenters. The van der Waals surface area contributed by atoms with Crippen LogP contribution >= 0.6 is 0 Å². The van der Waals surface area contributed by atoms with Gasteiger partial charge in [0.1, 0.15) is 17.7 Å². The van der Waals surface area contributed by atoms with Crippen LogP contribution in [0.4, 0.5) is 10.6 Å². The largest absolute Gasteiger partial charge is 0.484 e. The summed E-state index contributed by atoms with van der Waals surface area (Å²) in [6.45, 7) is 10.7. The summed E-state index contributed by atoms with van der Waals surface area (Å²) >= 11 is 0. The Kier molecular flexibility index (Phi) is 7.61. The number of hydrogen-bond acceptors (Lipinski definition) is 8. The maximum absolute atomic E-state index is 13.2. The van der Waals surface area contributed by atoms with Gasteiger partial charge in [0.25, 0.3) is 0 Å². The van der Waals surface area contributed by atoms with Crippen molar-refractivity contribution in [3.05, 3.63) is 77.1 Å². The molecule has 1 saturated heterocycles. The number of ether oxygens (including phenoxy) is 1. The van der Waals surface area contributed by atoms with Gasteiger partial charge in [0.2, 0.25) is 0 Å². The molecule has 0 saturated carbocycles. The van der Waals surface area contributed by atoms with E-state index in [1.54, 1.807) is 6.07 Å². The summed E-state index contributed by atoms with van der Waals surface area (Å²) in [6.07, 6.45) is 5.37. The average molecular weight is 597 g/mol. The summed E-state index contributed by atoms with van der Waals surface area (Å²) in [6, 6.07) is 13.1. The van der Waals surface area contributed by atoms with Crippen molar-refractivity contribution in [2.75, 3.05) is 18.9 Å². The Morgan fingerprint density at radius 1 is 1.05 bits per heavy atom. The Labute approximate surface area is 257 Å². The molecule has 2 aliphatic rings. The standard InChI is InChI=1S/C33H40N8O3/c1-20(42)29-35-26(32(2,3)4)18-27(36-29)37-31(43)34-24-13-14-25(23-11-8-7-10-22(23)24)44-21-12-15-28-38-39-30(41(28)19-21)33(5)16-9-17-40(33)6/h7-8,10-12,15,18-19,24-25H,9,13-14,16-17H2,1-6H3,(H2,34,35,36,37,43)/t24-,25+,33-/m0/s1. The molecule has 1 fully saturated rings. The molecule has 6 rings (SSSR count). The molecule has 1 aliphatic heterocycles. The molecule has 11 heteroatoms. The van der Waals surface area contributed by atoms with Crippen molar-refractivity contribution in [3.8, 4) is 5.75 Å². The first-order valence-electron chi connectivity index (χ1n) is 15.2. The molecule has 4 aromatic rings. The lowest BCUT2D eigenvalue weighted by Gasteiger charge is -2.32. The summed E-state index contributed by atoms with van der Waals surface area (Å²) in [5.74, 6) is 1.78. The summed E-state index contributed by atoms with van der Waals surface area (Å²) in [7, 11) is 2.14. The van der Waals surface area contributed by atoms with Gasteiger partial charge in [-0.05, 0) is 69.5 Å². The maximum Gasteiger partial charge on any atom is 0.320 e. The Morgan fingerprint density at radius 3 is 2.52 bits per heavy atom. The molecule has 2 N–H and O–H groups in total. The van der Waals surface area contributed by atoms with E-state index in [1.807, 2.05) is 57.3 Å². The molecule has 0 radical (unpaired) electrons. The van der Waals surface area contributed by atoms with Crippen LogP contribution in [0, 0.1) is 0 Å². The van der Waals surface area contributed by atoms with E-state index in [4.69, 9.17) is 4.74 Å². The van der Waals surface area contributed by atoms with E-state index in [1.165, 1.54) is 6.92 Å². The minimum Gasteiger partial charge on any atom is -0.484 e. The first-order chi connectivity index (χ1) is 20.9. The number of urea groups is 1. The fraction of sp³-hybridized carbons (Fsp3) is 0.455. The second kappa shape index (κ2) is 11.3. The molecule has 11 nitrogen and oxygen atoms in total. The topological polar surface area (TPSA) is 127 Å². The lowest BCUT2D eigenvalue weighted by molar-refractivity contribution is 0.100. The van der Waals surface area contributed by atoms with Crippen molar-refractivity contribution >= 4 is 23.3 Å². The van der Waals surface area contributed by atoms with E-state index in [2.05, 4.69) is 60.1 Å². The number of fused-ring (bicyclic) bond motifs is 2. The Morgan fingerprint density at radius 2 is 1.82 bits per heavy atom. The number of benzene rings is 1. The number of nitrogens with one attached hydrogen (secondary N) is 2. The van der Waals surface area contributed by atoms with Crippen LogP contribution in [0.3, 0.4) is 0 Å². The highest BCUT2D eigenvalue weighted by molar-refractivity contribution is 5.92. The number of ketones is 1. The molecular weight excluding hydrogens is 556 g/mol. The van der Waals surface area contributed by atoms with Crippen molar-refractivity contribution in [3.63, 3.8) is 0 Å². The number of carbonyl (C=O) groups is 2. The summed E-state index contributed by atoms with van der Waals surface area (Å²) in [5, 5.41) is 14.9. The molecule has 230 valence electrons. The normalized spacial score (nSPS) is 22.0. The van der Waals surface area contributed by atoms with Crippen molar-refractivity contribution < 1.29 is 14.3 Å². The molecular formula is C33H40N8O3. The van der Waals surface area contributed by atoms with Crippen LogP contribution in [0.1, 0.15) is 106 Å². The van der Waals surface area contributed by atoms with Gasteiger partial charge < -0.3 is 10.1 Å². The number of aromatic nitrogens is 5. The van der Waals surface area contributed by atoms with Crippen LogP contribution in [-0.2, 0) is 11.0 Å². The van der Waals surface area contributed by atoms with Gasteiger partial charge in [0, 0.05) is 18.4 Å². The average Bonchev–Trinajstić information content (AvgIpc) is 3.56. The number of rotatable bonds is 6. The third kappa shape index (κ3) is 5.63. The zero-order valence-electron chi connectivity index (χ0n) is 26.2. The molecule has 1 aromatic carbocycles. The van der Waals surface area contributed by atoms with Gasteiger partial charge in [-0.3, -0.25) is 19.4 Å². The molecule has 2 amide bonds. The summed E-state index contributed by atoms with van der Waals surface area (Å²) < 4.78 is 8.65. The van der Waals surface area contributed by atoms with Crippen LogP contribution in [0.5, 0.6) is 5.75 Å². The van der Waals surface area contributed by atoms with Gasteiger partial charge in [-0.25, -0.2) is 14.8 Å². The summed E-state index contributed by atoms with van der Waals surface area (Å²) in [5.41, 5.74) is 3.02. The predicted octanol–water partition coefficient (Wildman–Crippen LogP) is 5.74. The minimum atomic E-state index is -0.395. The van der Waals surface area contributed by atoms with Crippen LogP contribution in [0.15, 0.2) is 48.7 Å². The number of carbonyl (C=O) groups excluding carboxylic acids is 2. The van der Waals surface area contributed by atoms with E-state index in [9.17, 15) is 9.59 Å². The fourth-order valence-electron chi connectivity index (χ4n) is 6.24. The molecule has 1 aliphatic carbocycles. The SMILES string of the molecule is CC(=O)c1nc(NC(=O)N[C@H]2CC[C@@H](Oc3ccc4nnc([C@]5(C)CCCN5C)n4c3)c3ccccc32)cc(C(C)(C)C)n1. The zero-order chi connectivity index (χ0) is 31.2. The van der Waals surface area contributed by atoms with E-state index in [0.29, 0.717) is 24.4 Å². The first-order valence-corrected chi connectivity index (χ1v) is 15.2. The Bertz CT molecular complexity index is 1730. The van der Waals surface area contributed by atoms with E-state index < -0.39 is 6.03 Å². The quantitative estimate of drug-likeness (QED) is 0.270. The van der Waals surface area contributed by atoms with Gasteiger partial charge in [0.05, 0.1) is 23.5 Å². The number of pyridine rings is 1. The van der Waals surface area contributed by atoms with E-state index in [-0.39, 0.29) is 34.7 Å². The van der Waals surface area contributed by atoms with Gasteiger partial charge >= 0.3 is 6.03 Å². The Balaban J connectivity index is 1.20.